The Morgan fingerprint density at radius 3 is 2.53 bits per heavy atom. The summed E-state index contributed by atoms with van der Waals surface area (Å²) >= 11 is 0. The van der Waals surface area contributed by atoms with Gasteiger partial charge in [0, 0.05) is 30.8 Å². The number of amides is 2. The monoisotopic (exact) mass is 208 g/mol. The average Bonchev–Trinajstić information content (AvgIpc) is 2.47. The fourth-order valence-corrected chi connectivity index (χ4v) is 1.08. The molecule has 6 nitrogen and oxygen atoms in total. The maximum Gasteiger partial charge on any atom is 0.255 e. The van der Waals surface area contributed by atoms with Gasteiger partial charge >= 0.3 is 0 Å². The molecule has 6 heteroatoms. The van der Waals surface area contributed by atoms with Gasteiger partial charge in [0.05, 0.1) is 0 Å². The van der Waals surface area contributed by atoms with E-state index in [0.29, 0.717) is 5.70 Å². The lowest BCUT2D eigenvalue weighted by atomic mass is 10.5. The first-order valence-corrected chi connectivity index (χ1v) is 4.25. The largest absolute Gasteiger partial charge is 0.401 e. The van der Waals surface area contributed by atoms with E-state index in [1.807, 2.05) is 0 Å². The number of rotatable bonds is 4. The van der Waals surface area contributed by atoms with Crippen molar-refractivity contribution in [2.45, 2.75) is 6.92 Å². The fraction of sp³-hybridized carbons (Fsp3) is 0.222. The standard InChI is InChI=1S/C9H12N4O2/c1-7(10)5-12(11-2)6-13-8(14)3-4-9(13)15/h3-5H,2,6,10H2,1H3/b7-5-. The van der Waals surface area contributed by atoms with Gasteiger partial charge in [0.2, 0.25) is 0 Å². The van der Waals surface area contributed by atoms with Crippen LogP contribution in [0.4, 0.5) is 0 Å². The van der Waals surface area contributed by atoms with E-state index in [1.165, 1.54) is 23.4 Å². The zero-order chi connectivity index (χ0) is 11.4. The molecule has 80 valence electrons. The number of carbonyl (C=O) groups excluding carboxylic acids is 2. The van der Waals surface area contributed by atoms with Crippen LogP contribution in [0.2, 0.25) is 0 Å². The molecule has 2 N–H and O–H groups in total. The van der Waals surface area contributed by atoms with Gasteiger partial charge in [-0.15, -0.1) is 0 Å². The Kier molecular flexibility index (Phi) is 3.22. The highest BCUT2D eigenvalue weighted by Gasteiger charge is 2.24. The highest BCUT2D eigenvalue weighted by atomic mass is 16.2. The minimum absolute atomic E-state index is 0.0166. The maximum absolute atomic E-state index is 11.2. The first-order valence-electron chi connectivity index (χ1n) is 4.25. The smallest absolute Gasteiger partial charge is 0.255 e. The number of nitrogens with two attached hydrogens (primary N) is 1. The van der Waals surface area contributed by atoms with Crippen molar-refractivity contribution in [3.8, 4) is 0 Å². The van der Waals surface area contributed by atoms with E-state index in [2.05, 4.69) is 11.8 Å². The average molecular weight is 208 g/mol. The third-order valence-corrected chi connectivity index (χ3v) is 1.72. The van der Waals surface area contributed by atoms with Crippen LogP contribution >= 0.6 is 0 Å². The minimum atomic E-state index is -0.364. The van der Waals surface area contributed by atoms with Crippen molar-refractivity contribution in [2.24, 2.45) is 10.8 Å². The topological polar surface area (TPSA) is 79.0 Å². The molecule has 0 aromatic carbocycles. The van der Waals surface area contributed by atoms with Crippen LogP contribution in [-0.4, -0.2) is 35.1 Å². The zero-order valence-corrected chi connectivity index (χ0v) is 8.38. The Morgan fingerprint density at radius 2 is 2.13 bits per heavy atom. The molecule has 0 unspecified atom stereocenters. The molecular weight excluding hydrogens is 196 g/mol. The van der Waals surface area contributed by atoms with Crippen molar-refractivity contribution in [3.05, 3.63) is 24.0 Å². The van der Waals surface area contributed by atoms with Crippen LogP contribution in [0.3, 0.4) is 0 Å². The van der Waals surface area contributed by atoms with Crippen molar-refractivity contribution in [3.63, 3.8) is 0 Å². The molecule has 0 saturated carbocycles. The molecule has 2 amide bonds. The molecule has 0 fully saturated rings. The SMILES string of the molecule is C=NN(/C=C(/C)N)CN1C(=O)C=CC1=O. The summed E-state index contributed by atoms with van der Waals surface area (Å²) in [4.78, 5) is 23.4. The number of nitrogens with zero attached hydrogens (tertiary/aromatic N) is 3. The van der Waals surface area contributed by atoms with Crippen molar-refractivity contribution < 1.29 is 9.59 Å². The van der Waals surface area contributed by atoms with E-state index in [4.69, 9.17) is 5.73 Å². The van der Waals surface area contributed by atoms with Crippen LogP contribution in [0.5, 0.6) is 0 Å². The molecule has 0 aromatic heterocycles. The number of hydrogen-bond acceptors (Lipinski definition) is 5. The summed E-state index contributed by atoms with van der Waals surface area (Å²) in [6.45, 7) is 5.00. The Hall–Kier alpha value is -2.11. The Balaban J connectivity index is 2.68. The lowest BCUT2D eigenvalue weighted by Crippen LogP contribution is -2.37. The quantitative estimate of drug-likeness (QED) is 0.387. The van der Waals surface area contributed by atoms with E-state index in [9.17, 15) is 9.59 Å². The molecule has 0 saturated heterocycles. The normalized spacial score (nSPS) is 16.1. The van der Waals surface area contributed by atoms with Crippen LogP contribution in [-0.2, 0) is 9.59 Å². The number of hydrazone groups is 1. The lowest BCUT2D eigenvalue weighted by Gasteiger charge is -2.20. The Morgan fingerprint density at radius 1 is 1.60 bits per heavy atom. The van der Waals surface area contributed by atoms with Gasteiger partial charge in [-0.05, 0) is 6.92 Å². The fourth-order valence-electron chi connectivity index (χ4n) is 1.08. The summed E-state index contributed by atoms with van der Waals surface area (Å²) in [5.41, 5.74) is 5.95. The van der Waals surface area contributed by atoms with Gasteiger partial charge in [0.1, 0.15) is 6.67 Å². The molecular formula is C9H12N4O2. The van der Waals surface area contributed by atoms with Gasteiger partial charge in [0.25, 0.3) is 11.8 Å². The second kappa shape index (κ2) is 4.41. The highest BCUT2D eigenvalue weighted by Crippen LogP contribution is 2.06. The Bertz CT molecular complexity index is 337. The summed E-state index contributed by atoms with van der Waals surface area (Å²) < 4.78 is 0. The van der Waals surface area contributed by atoms with Crippen molar-refractivity contribution in [1.82, 2.24) is 9.91 Å². The molecule has 1 heterocycles. The molecule has 0 atom stereocenters. The molecule has 0 spiro atoms. The number of allylic oxidation sites excluding steroid dienone is 1. The van der Waals surface area contributed by atoms with Crippen molar-refractivity contribution in [1.29, 1.82) is 0 Å². The van der Waals surface area contributed by atoms with Crippen LogP contribution in [0.15, 0.2) is 29.2 Å². The first-order chi connectivity index (χ1) is 7.04. The Labute approximate surface area is 87.3 Å². The van der Waals surface area contributed by atoms with Crippen LogP contribution in [0.25, 0.3) is 0 Å². The van der Waals surface area contributed by atoms with E-state index < -0.39 is 0 Å². The lowest BCUT2D eigenvalue weighted by molar-refractivity contribution is -0.138. The van der Waals surface area contributed by atoms with Gasteiger partial charge in [-0.25, -0.2) is 0 Å². The maximum atomic E-state index is 11.2. The van der Waals surface area contributed by atoms with Gasteiger partial charge in [0.15, 0.2) is 0 Å². The van der Waals surface area contributed by atoms with E-state index in [1.54, 1.807) is 6.92 Å². The predicted octanol–water partition coefficient (Wildman–Crippen LogP) is -0.393. The van der Waals surface area contributed by atoms with E-state index in [-0.39, 0.29) is 18.5 Å². The van der Waals surface area contributed by atoms with Crippen LogP contribution < -0.4 is 5.73 Å². The number of imide groups is 1. The molecule has 1 aliphatic heterocycles. The summed E-state index contributed by atoms with van der Waals surface area (Å²) in [7, 11) is 0. The van der Waals surface area contributed by atoms with Gasteiger partial charge < -0.3 is 5.73 Å². The molecule has 15 heavy (non-hydrogen) atoms. The van der Waals surface area contributed by atoms with E-state index >= 15 is 0 Å². The molecule has 0 radical (unpaired) electrons. The molecule has 1 rings (SSSR count). The summed E-state index contributed by atoms with van der Waals surface area (Å²) in [6.07, 6.45) is 3.91. The van der Waals surface area contributed by atoms with Gasteiger partial charge in [-0.2, -0.15) is 5.10 Å². The van der Waals surface area contributed by atoms with E-state index in [0.717, 1.165) is 4.90 Å². The second-order valence-corrected chi connectivity index (χ2v) is 3.03. The summed E-state index contributed by atoms with van der Waals surface area (Å²) in [5.74, 6) is -0.728. The first kappa shape index (κ1) is 11.0. The zero-order valence-electron chi connectivity index (χ0n) is 8.38. The summed E-state index contributed by atoms with van der Waals surface area (Å²) in [5, 5.41) is 4.93. The highest BCUT2D eigenvalue weighted by molar-refractivity contribution is 6.12. The van der Waals surface area contributed by atoms with Crippen LogP contribution in [0.1, 0.15) is 6.92 Å². The van der Waals surface area contributed by atoms with Crippen molar-refractivity contribution >= 4 is 18.5 Å². The molecule has 0 aliphatic carbocycles. The van der Waals surface area contributed by atoms with Crippen molar-refractivity contribution in [2.75, 3.05) is 6.67 Å². The predicted molar refractivity (Wildman–Crippen MR) is 55.2 cm³/mol. The number of hydrogen-bond donors (Lipinski definition) is 1. The third-order valence-electron chi connectivity index (χ3n) is 1.72. The molecule has 0 aromatic rings. The second-order valence-electron chi connectivity index (χ2n) is 3.03. The molecule has 1 aliphatic rings. The van der Waals surface area contributed by atoms with Crippen LogP contribution in [0, 0.1) is 0 Å². The summed E-state index contributed by atoms with van der Waals surface area (Å²) in [6, 6.07) is 0. The minimum Gasteiger partial charge on any atom is -0.401 e. The number of carbonyl (C=O) groups is 2. The molecule has 0 bridgehead atoms. The van der Waals surface area contributed by atoms with Gasteiger partial charge in [-0.3, -0.25) is 19.5 Å². The third kappa shape index (κ3) is 2.67. The van der Waals surface area contributed by atoms with Gasteiger partial charge in [-0.1, -0.05) is 0 Å².